The van der Waals surface area contributed by atoms with Crippen LogP contribution in [0.15, 0.2) is 53.4 Å². The van der Waals surface area contributed by atoms with Crippen LogP contribution in [-0.2, 0) is 14.8 Å². The lowest BCUT2D eigenvalue weighted by Gasteiger charge is -2.32. The predicted molar refractivity (Wildman–Crippen MR) is 90.4 cm³/mol. The molecule has 0 radical (unpaired) electrons. The van der Waals surface area contributed by atoms with Crippen molar-refractivity contribution in [3.8, 4) is 0 Å². The van der Waals surface area contributed by atoms with Crippen LogP contribution in [0.25, 0.3) is 0 Å². The fourth-order valence-corrected chi connectivity index (χ4v) is 4.69. The van der Waals surface area contributed by atoms with Crippen LogP contribution < -0.4 is 0 Å². The minimum absolute atomic E-state index is 0.0281. The third kappa shape index (κ3) is 3.54. The summed E-state index contributed by atoms with van der Waals surface area (Å²) in [6.45, 7) is 0.862. The zero-order chi connectivity index (χ0) is 16.4. The molecule has 2 aromatic carbocycles. The predicted octanol–water partition coefficient (Wildman–Crippen LogP) is 3.76. The fourth-order valence-electron chi connectivity index (χ4n) is 2.53. The molecule has 1 saturated heterocycles. The number of ether oxygens (including phenoxy) is 1. The van der Waals surface area contributed by atoms with E-state index >= 15 is 0 Å². The van der Waals surface area contributed by atoms with E-state index in [-0.39, 0.29) is 29.1 Å². The van der Waals surface area contributed by atoms with E-state index in [1.54, 1.807) is 6.07 Å². The standard InChI is InChI=1S/C16H15Cl2NO3S/c17-13-6-7-14(18)16(10-13)23(20,21)19-8-9-22-15(11-19)12-4-2-1-3-5-12/h1-7,10,15H,8-9,11H2. The quantitative estimate of drug-likeness (QED) is 0.824. The van der Waals surface area contributed by atoms with Crippen molar-refractivity contribution in [2.24, 2.45) is 0 Å². The molecule has 7 heteroatoms. The van der Waals surface area contributed by atoms with E-state index in [1.165, 1.54) is 16.4 Å². The Morgan fingerprint density at radius 1 is 1.09 bits per heavy atom. The third-order valence-corrected chi connectivity index (χ3v) is 6.29. The van der Waals surface area contributed by atoms with Gasteiger partial charge >= 0.3 is 0 Å². The van der Waals surface area contributed by atoms with Crippen molar-refractivity contribution in [2.45, 2.75) is 11.0 Å². The molecule has 1 aliphatic heterocycles. The summed E-state index contributed by atoms with van der Waals surface area (Å²) in [5.41, 5.74) is 0.949. The van der Waals surface area contributed by atoms with E-state index in [0.717, 1.165) is 5.56 Å². The molecule has 23 heavy (non-hydrogen) atoms. The average Bonchev–Trinajstić information content (AvgIpc) is 2.58. The van der Waals surface area contributed by atoms with E-state index in [4.69, 9.17) is 27.9 Å². The van der Waals surface area contributed by atoms with Gasteiger partial charge in [-0.25, -0.2) is 8.42 Å². The van der Waals surface area contributed by atoms with Crippen LogP contribution in [-0.4, -0.2) is 32.4 Å². The molecule has 0 aliphatic carbocycles. The Kier molecular flexibility index (Phi) is 4.94. The topological polar surface area (TPSA) is 46.6 Å². The van der Waals surface area contributed by atoms with Crippen molar-refractivity contribution in [3.05, 3.63) is 64.1 Å². The molecule has 1 fully saturated rings. The molecule has 0 aromatic heterocycles. The maximum absolute atomic E-state index is 12.9. The summed E-state index contributed by atoms with van der Waals surface area (Å²) in [5, 5.41) is 0.498. The summed E-state index contributed by atoms with van der Waals surface area (Å²) in [7, 11) is -3.72. The summed E-state index contributed by atoms with van der Waals surface area (Å²) >= 11 is 12.0. The smallest absolute Gasteiger partial charge is 0.244 e. The second kappa shape index (κ2) is 6.79. The monoisotopic (exact) mass is 371 g/mol. The van der Waals surface area contributed by atoms with Crippen LogP contribution in [0.3, 0.4) is 0 Å². The molecule has 0 saturated carbocycles. The summed E-state index contributed by atoms with van der Waals surface area (Å²) < 4.78 is 32.8. The molecule has 3 rings (SSSR count). The minimum Gasteiger partial charge on any atom is -0.371 e. The summed E-state index contributed by atoms with van der Waals surface area (Å²) in [4.78, 5) is 0.0281. The summed E-state index contributed by atoms with van der Waals surface area (Å²) in [5.74, 6) is 0. The van der Waals surface area contributed by atoms with Gasteiger partial charge in [0.1, 0.15) is 4.90 Å². The fraction of sp³-hybridized carbons (Fsp3) is 0.250. The Balaban J connectivity index is 1.90. The molecule has 1 heterocycles. The van der Waals surface area contributed by atoms with Gasteiger partial charge in [0.2, 0.25) is 10.0 Å². The van der Waals surface area contributed by atoms with Crippen molar-refractivity contribution >= 4 is 33.2 Å². The van der Waals surface area contributed by atoms with Crippen molar-refractivity contribution < 1.29 is 13.2 Å². The number of rotatable bonds is 3. The zero-order valence-corrected chi connectivity index (χ0v) is 14.5. The van der Waals surface area contributed by atoms with Gasteiger partial charge in [-0.1, -0.05) is 53.5 Å². The SMILES string of the molecule is O=S(=O)(c1cc(Cl)ccc1Cl)N1CCOC(c2ccccc2)C1. The van der Waals surface area contributed by atoms with Gasteiger partial charge in [0.25, 0.3) is 0 Å². The van der Waals surface area contributed by atoms with Crippen LogP contribution in [0.4, 0.5) is 0 Å². The van der Waals surface area contributed by atoms with Crippen LogP contribution in [0.5, 0.6) is 0 Å². The number of hydrogen-bond donors (Lipinski definition) is 0. The van der Waals surface area contributed by atoms with Crippen molar-refractivity contribution in [1.29, 1.82) is 0 Å². The first kappa shape index (κ1) is 16.7. The molecule has 0 spiro atoms. The molecule has 1 unspecified atom stereocenters. The highest BCUT2D eigenvalue weighted by atomic mass is 35.5. The molecule has 0 bridgehead atoms. The van der Waals surface area contributed by atoms with E-state index in [1.807, 2.05) is 30.3 Å². The first-order valence-corrected chi connectivity index (χ1v) is 9.30. The third-order valence-electron chi connectivity index (χ3n) is 3.71. The first-order chi connectivity index (χ1) is 11.0. The Morgan fingerprint density at radius 2 is 1.83 bits per heavy atom. The lowest BCUT2D eigenvalue weighted by atomic mass is 10.1. The molecular weight excluding hydrogens is 357 g/mol. The van der Waals surface area contributed by atoms with Gasteiger partial charge in [-0.2, -0.15) is 4.31 Å². The Morgan fingerprint density at radius 3 is 2.57 bits per heavy atom. The molecule has 0 N–H and O–H groups in total. The highest BCUT2D eigenvalue weighted by molar-refractivity contribution is 7.89. The van der Waals surface area contributed by atoms with Gasteiger partial charge in [-0.3, -0.25) is 0 Å². The van der Waals surface area contributed by atoms with E-state index in [0.29, 0.717) is 11.6 Å². The lowest BCUT2D eigenvalue weighted by molar-refractivity contribution is -0.00255. The van der Waals surface area contributed by atoms with Gasteiger partial charge in [-0.05, 0) is 23.8 Å². The van der Waals surface area contributed by atoms with Gasteiger partial charge in [0.05, 0.1) is 17.7 Å². The molecule has 122 valence electrons. The summed E-state index contributed by atoms with van der Waals surface area (Å²) in [6.07, 6.45) is -0.294. The Hall–Kier alpha value is -1.11. The zero-order valence-electron chi connectivity index (χ0n) is 12.2. The second-order valence-electron chi connectivity index (χ2n) is 5.21. The van der Waals surface area contributed by atoms with E-state index in [9.17, 15) is 8.42 Å². The Labute approximate surface area is 145 Å². The number of benzene rings is 2. The highest BCUT2D eigenvalue weighted by Gasteiger charge is 2.32. The first-order valence-electron chi connectivity index (χ1n) is 7.10. The Bertz CT molecular complexity index is 796. The molecule has 2 aromatic rings. The summed E-state index contributed by atoms with van der Waals surface area (Å²) in [6, 6.07) is 14.0. The van der Waals surface area contributed by atoms with E-state index < -0.39 is 10.0 Å². The highest BCUT2D eigenvalue weighted by Crippen LogP contribution is 2.31. The van der Waals surface area contributed by atoms with Gasteiger partial charge < -0.3 is 4.74 Å². The average molecular weight is 372 g/mol. The molecule has 0 amide bonds. The largest absolute Gasteiger partial charge is 0.371 e. The van der Waals surface area contributed by atoms with Crippen LogP contribution in [0.1, 0.15) is 11.7 Å². The normalized spacial score (nSPS) is 19.7. The van der Waals surface area contributed by atoms with Crippen molar-refractivity contribution in [2.75, 3.05) is 19.7 Å². The van der Waals surface area contributed by atoms with Crippen molar-refractivity contribution in [3.63, 3.8) is 0 Å². The second-order valence-corrected chi connectivity index (χ2v) is 7.96. The number of nitrogens with zero attached hydrogens (tertiary/aromatic N) is 1. The number of morpholine rings is 1. The van der Waals surface area contributed by atoms with Crippen molar-refractivity contribution in [1.82, 2.24) is 4.31 Å². The van der Waals surface area contributed by atoms with E-state index in [2.05, 4.69) is 0 Å². The van der Waals surface area contributed by atoms with Crippen LogP contribution in [0.2, 0.25) is 10.0 Å². The number of sulfonamides is 1. The maximum atomic E-state index is 12.9. The lowest BCUT2D eigenvalue weighted by Crippen LogP contribution is -2.42. The van der Waals surface area contributed by atoms with Crippen LogP contribution in [0, 0.1) is 0 Å². The van der Waals surface area contributed by atoms with Gasteiger partial charge in [-0.15, -0.1) is 0 Å². The minimum atomic E-state index is -3.72. The number of halogens is 2. The van der Waals surface area contributed by atoms with Crippen LogP contribution >= 0.6 is 23.2 Å². The maximum Gasteiger partial charge on any atom is 0.244 e. The molecule has 1 atom stereocenters. The van der Waals surface area contributed by atoms with Gasteiger partial charge in [0.15, 0.2) is 0 Å². The molecule has 4 nitrogen and oxygen atoms in total. The molecular formula is C16H15Cl2NO3S. The van der Waals surface area contributed by atoms with Gasteiger partial charge in [0, 0.05) is 18.1 Å². The number of hydrogen-bond acceptors (Lipinski definition) is 3. The molecule has 1 aliphatic rings.